The van der Waals surface area contributed by atoms with Crippen LogP contribution in [0.2, 0.25) is 0 Å². The lowest BCUT2D eigenvalue weighted by atomic mass is 9.99. The number of carbonyl (C=O) groups excluding carboxylic acids is 1. The second-order valence-electron chi connectivity index (χ2n) is 7.76. The van der Waals surface area contributed by atoms with Gasteiger partial charge >= 0.3 is 5.51 Å². The van der Waals surface area contributed by atoms with Crippen LogP contribution >= 0.6 is 0 Å². The summed E-state index contributed by atoms with van der Waals surface area (Å²) in [5, 5.41) is 12.2. The predicted octanol–water partition coefficient (Wildman–Crippen LogP) is 4.71. The van der Waals surface area contributed by atoms with E-state index < -0.39 is 20.2 Å². The van der Waals surface area contributed by atoms with Crippen LogP contribution in [-0.4, -0.2) is 38.1 Å². The lowest BCUT2D eigenvalue weighted by Gasteiger charge is -2.09. The smallest absolute Gasteiger partial charge is 0.461 e. The molecule has 0 bridgehead atoms. The number of furan rings is 1. The van der Waals surface area contributed by atoms with Gasteiger partial charge in [0.2, 0.25) is 0 Å². The number of fused-ring (bicyclic) bond motifs is 1. The summed E-state index contributed by atoms with van der Waals surface area (Å²) < 4.78 is 68.1. The number of benzene rings is 3. The fraction of sp³-hybridized carbons (Fsp3) is 0.160. The van der Waals surface area contributed by atoms with Crippen LogP contribution in [0.15, 0.2) is 82.1 Å². The number of amides is 1. The normalized spacial score (nSPS) is 12.1. The summed E-state index contributed by atoms with van der Waals surface area (Å²) in [5.41, 5.74) is -2.56. The Hall–Kier alpha value is -3.63. The molecular formula is C25H20F3NO5S. The van der Waals surface area contributed by atoms with Crippen LogP contribution in [0.3, 0.4) is 0 Å². The Morgan fingerprint density at radius 1 is 0.971 bits per heavy atom. The Labute approximate surface area is 198 Å². The Balaban J connectivity index is 1.66. The number of sulfone groups is 1. The van der Waals surface area contributed by atoms with E-state index in [2.05, 4.69) is 5.32 Å². The monoisotopic (exact) mass is 503 g/mol. The first-order valence-electron chi connectivity index (χ1n) is 10.5. The zero-order valence-corrected chi connectivity index (χ0v) is 19.0. The molecule has 4 aromatic rings. The molecule has 0 unspecified atom stereocenters. The molecule has 0 radical (unpaired) electrons. The number of halogens is 3. The number of carbonyl (C=O) groups is 1. The quantitative estimate of drug-likeness (QED) is 0.381. The summed E-state index contributed by atoms with van der Waals surface area (Å²) in [5.74, 6) is 0.112. The molecule has 3 aromatic carbocycles. The van der Waals surface area contributed by atoms with Crippen molar-refractivity contribution in [1.82, 2.24) is 5.32 Å². The topological polar surface area (TPSA) is 96.6 Å². The first-order valence-corrected chi connectivity index (χ1v) is 12.0. The van der Waals surface area contributed by atoms with Crippen LogP contribution in [0.4, 0.5) is 13.2 Å². The van der Waals surface area contributed by atoms with Crippen molar-refractivity contribution in [1.29, 1.82) is 0 Å². The van der Waals surface area contributed by atoms with Crippen LogP contribution in [0.5, 0.6) is 0 Å². The van der Waals surface area contributed by atoms with Gasteiger partial charge in [-0.1, -0.05) is 36.4 Å². The lowest BCUT2D eigenvalue weighted by molar-refractivity contribution is -0.0436. The maximum atomic E-state index is 12.9. The molecule has 0 spiro atoms. The van der Waals surface area contributed by atoms with Crippen LogP contribution in [0.1, 0.15) is 21.7 Å². The fourth-order valence-electron chi connectivity index (χ4n) is 3.71. The van der Waals surface area contributed by atoms with Crippen molar-refractivity contribution in [3.05, 3.63) is 89.7 Å². The number of nitrogens with one attached hydrogen (secondary N) is 1. The number of hydrogen-bond acceptors (Lipinski definition) is 5. The molecule has 0 saturated heterocycles. The zero-order chi connectivity index (χ0) is 25.2. The lowest BCUT2D eigenvalue weighted by Crippen LogP contribution is -2.26. The van der Waals surface area contributed by atoms with E-state index in [1.165, 1.54) is 12.1 Å². The van der Waals surface area contributed by atoms with E-state index in [4.69, 9.17) is 9.52 Å². The molecule has 0 aliphatic rings. The van der Waals surface area contributed by atoms with Crippen LogP contribution < -0.4 is 5.32 Å². The third kappa shape index (κ3) is 5.08. The van der Waals surface area contributed by atoms with Crippen molar-refractivity contribution in [2.45, 2.75) is 16.8 Å². The molecule has 1 amide bonds. The van der Waals surface area contributed by atoms with Crippen LogP contribution in [0, 0.1) is 0 Å². The average molecular weight is 503 g/mol. The molecule has 0 saturated carbocycles. The van der Waals surface area contributed by atoms with E-state index in [-0.39, 0.29) is 25.5 Å². The Morgan fingerprint density at radius 2 is 1.71 bits per heavy atom. The summed E-state index contributed by atoms with van der Waals surface area (Å²) in [7, 11) is -5.45. The number of aliphatic hydroxyl groups is 1. The molecule has 4 rings (SSSR count). The van der Waals surface area contributed by atoms with E-state index in [0.29, 0.717) is 22.5 Å². The first kappa shape index (κ1) is 24.5. The van der Waals surface area contributed by atoms with Gasteiger partial charge in [-0.3, -0.25) is 4.79 Å². The van der Waals surface area contributed by atoms with Gasteiger partial charge < -0.3 is 14.8 Å². The van der Waals surface area contributed by atoms with Crippen molar-refractivity contribution < 1.29 is 35.9 Å². The Bertz CT molecular complexity index is 1490. The van der Waals surface area contributed by atoms with E-state index in [0.717, 1.165) is 28.6 Å². The third-order valence-corrected chi connectivity index (χ3v) is 6.82. The Morgan fingerprint density at radius 3 is 2.46 bits per heavy atom. The first-order chi connectivity index (χ1) is 16.6. The highest BCUT2D eigenvalue weighted by Gasteiger charge is 2.46. The van der Waals surface area contributed by atoms with Gasteiger partial charge in [-0.05, 0) is 53.1 Å². The molecule has 182 valence electrons. The SMILES string of the molecule is O=C(NCCO)c1cccc(-c2cccc3oc(Cc4cccc(S(=O)(=O)C(F)(F)F)c4)cc23)c1. The summed E-state index contributed by atoms with van der Waals surface area (Å²) in [6, 6.07) is 18.7. The highest BCUT2D eigenvalue weighted by atomic mass is 32.2. The van der Waals surface area contributed by atoms with Gasteiger partial charge in [-0.25, -0.2) is 8.42 Å². The highest BCUT2D eigenvalue weighted by molar-refractivity contribution is 7.92. The van der Waals surface area contributed by atoms with Gasteiger partial charge in [0.25, 0.3) is 15.7 Å². The second-order valence-corrected chi connectivity index (χ2v) is 9.70. The van der Waals surface area contributed by atoms with Crippen molar-refractivity contribution >= 4 is 26.7 Å². The van der Waals surface area contributed by atoms with E-state index in [1.54, 1.807) is 36.4 Å². The van der Waals surface area contributed by atoms with Gasteiger partial charge in [0.15, 0.2) is 0 Å². The number of rotatable bonds is 7. The van der Waals surface area contributed by atoms with Crippen LogP contribution in [0.25, 0.3) is 22.1 Å². The molecular weight excluding hydrogens is 483 g/mol. The fourth-order valence-corrected chi connectivity index (χ4v) is 4.54. The minimum atomic E-state index is -5.45. The summed E-state index contributed by atoms with van der Waals surface area (Å²) >= 11 is 0. The molecule has 2 N–H and O–H groups in total. The molecule has 10 heteroatoms. The van der Waals surface area contributed by atoms with Gasteiger partial charge in [0, 0.05) is 23.9 Å². The summed E-state index contributed by atoms with van der Waals surface area (Å²) in [6.45, 7) is -0.0389. The molecule has 0 fully saturated rings. The van der Waals surface area contributed by atoms with Gasteiger partial charge in [0.1, 0.15) is 11.3 Å². The van der Waals surface area contributed by atoms with E-state index in [1.807, 2.05) is 12.1 Å². The maximum Gasteiger partial charge on any atom is 0.501 e. The van der Waals surface area contributed by atoms with Gasteiger partial charge in [-0.2, -0.15) is 13.2 Å². The largest absolute Gasteiger partial charge is 0.501 e. The minimum Gasteiger partial charge on any atom is -0.461 e. The molecule has 6 nitrogen and oxygen atoms in total. The molecule has 0 aliphatic heterocycles. The van der Waals surface area contributed by atoms with Crippen molar-refractivity contribution in [3.63, 3.8) is 0 Å². The predicted molar refractivity (Wildman–Crippen MR) is 124 cm³/mol. The van der Waals surface area contributed by atoms with E-state index >= 15 is 0 Å². The molecule has 1 aromatic heterocycles. The number of alkyl halides is 3. The van der Waals surface area contributed by atoms with E-state index in [9.17, 15) is 26.4 Å². The van der Waals surface area contributed by atoms with Gasteiger partial charge in [0.05, 0.1) is 11.5 Å². The summed E-state index contributed by atoms with van der Waals surface area (Å²) in [4.78, 5) is 11.4. The zero-order valence-electron chi connectivity index (χ0n) is 18.2. The van der Waals surface area contributed by atoms with Crippen molar-refractivity contribution in [3.8, 4) is 11.1 Å². The minimum absolute atomic E-state index is 0.0823. The highest BCUT2D eigenvalue weighted by Crippen LogP contribution is 2.33. The maximum absolute atomic E-state index is 12.9. The van der Waals surface area contributed by atoms with Crippen molar-refractivity contribution in [2.24, 2.45) is 0 Å². The Kier molecular flexibility index (Phi) is 6.68. The second kappa shape index (κ2) is 9.55. The standard InChI is InChI=1S/C25H20F3NO5S/c26-25(27,28)35(32,33)20-7-1-4-16(13-20)12-19-15-22-21(8-3-9-23(22)34-19)17-5-2-6-18(14-17)24(31)29-10-11-30/h1-9,13-15,30H,10-12H2,(H,29,31). The van der Waals surface area contributed by atoms with Crippen LogP contribution in [-0.2, 0) is 16.3 Å². The summed E-state index contributed by atoms with van der Waals surface area (Å²) in [6.07, 6.45) is 0.0823. The molecule has 35 heavy (non-hydrogen) atoms. The molecule has 1 heterocycles. The molecule has 0 aliphatic carbocycles. The van der Waals surface area contributed by atoms with Gasteiger partial charge in [-0.15, -0.1) is 0 Å². The number of aliphatic hydroxyl groups excluding tert-OH is 1. The number of hydrogen-bond donors (Lipinski definition) is 2. The van der Waals surface area contributed by atoms with Crippen molar-refractivity contribution in [2.75, 3.05) is 13.2 Å². The average Bonchev–Trinajstić information content (AvgIpc) is 3.24. The molecule has 0 atom stereocenters. The third-order valence-electron chi connectivity index (χ3n) is 5.34.